The summed E-state index contributed by atoms with van der Waals surface area (Å²) in [6, 6.07) is 0. The van der Waals surface area contributed by atoms with E-state index in [0.717, 1.165) is 18.2 Å². The third-order valence-electron chi connectivity index (χ3n) is 2.07. The molecule has 60 valence electrons. The summed E-state index contributed by atoms with van der Waals surface area (Å²) in [6.45, 7) is 0. The normalized spacial score (nSPS) is 24.0. The molecule has 1 saturated carbocycles. The third kappa shape index (κ3) is 1.02. The molecule has 1 fully saturated rings. The molecule has 0 radical (unpaired) electrons. The second-order valence-electron chi connectivity index (χ2n) is 2.55. The lowest BCUT2D eigenvalue weighted by Crippen LogP contribution is -2.47. The monoisotopic (exact) mass is 170 g/mol. The molecule has 0 aliphatic heterocycles. The highest BCUT2D eigenvalue weighted by Crippen LogP contribution is 2.53. The number of rotatable bonds is 1. The van der Waals surface area contributed by atoms with Gasteiger partial charge in [0.2, 0.25) is 0 Å². The van der Waals surface area contributed by atoms with Crippen LogP contribution in [-0.2, 0) is 0 Å². The van der Waals surface area contributed by atoms with Gasteiger partial charge in [-0.2, -0.15) is 13.2 Å². The summed E-state index contributed by atoms with van der Waals surface area (Å²) in [4.78, 5) is 0. The lowest BCUT2D eigenvalue weighted by atomic mass is 9.84. The molecule has 0 saturated heterocycles. The molecule has 0 aromatic carbocycles. The molecule has 0 heterocycles. The Morgan fingerprint density at radius 3 is 1.80 bits per heavy atom. The first-order chi connectivity index (χ1) is 4.52. The molecule has 4 heteroatoms. The van der Waals surface area contributed by atoms with E-state index < -0.39 is 10.9 Å². The van der Waals surface area contributed by atoms with E-state index in [0.29, 0.717) is 12.8 Å². The van der Waals surface area contributed by atoms with E-state index in [-0.39, 0.29) is 0 Å². The molecule has 1 aliphatic rings. The van der Waals surface area contributed by atoms with Crippen molar-refractivity contribution >= 4 is 11.8 Å². The fourth-order valence-electron chi connectivity index (χ4n) is 1.10. The van der Waals surface area contributed by atoms with E-state index >= 15 is 0 Å². The van der Waals surface area contributed by atoms with E-state index in [1.807, 2.05) is 0 Å². The molecule has 0 nitrogen and oxygen atoms in total. The van der Waals surface area contributed by atoms with Crippen LogP contribution in [0, 0.1) is 0 Å². The van der Waals surface area contributed by atoms with E-state index in [4.69, 9.17) is 0 Å². The standard InChI is InChI=1S/C6H9F3S/c1-10-5(3-2-4-5)6(7,8)9/h2-4H2,1H3. The quantitative estimate of drug-likeness (QED) is 0.583. The predicted molar refractivity (Wildman–Crippen MR) is 36.2 cm³/mol. The Morgan fingerprint density at radius 1 is 1.30 bits per heavy atom. The number of thioether (sulfide) groups is 1. The van der Waals surface area contributed by atoms with Crippen molar-refractivity contribution < 1.29 is 13.2 Å². The van der Waals surface area contributed by atoms with Crippen LogP contribution in [0.25, 0.3) is 0 Å². The number of hydrogen-bond acceptors (Lipinski definition) is 1. The van der Waals surface area contributed by atoms with Crippen molar-refractivity contribution in [3.8, 4) is 0 Å². The van der Waals surface area contributed by atoms with Crippen molar-refractivity contribution in [2.45, 2.75) is 30.2 Å². The zero-order chi connectivity index (χ0) is 7.83. The van der Waals surface area contributed by atoms with Crippen molar-refractivity contribution in [3.05, 3.63) is 0 Å². The van der Waals surface area contributed by atoms with Gasteiger partial charge in [-0.05, 0) is 25.5 Å². The van der Waals surface area contributed by atoms with Crippen LogP contribution in [0.1, 0.15) is 19.3 Å². The third-order valence-corrected chi connectivity index (χ3v) is 3.49. The molecule has 0 atom stereocenters. The Kier molecular flexibility index (Phi) is 1.92. The predicted octanol–water partition coefficient (Wildman–Crippen LogP) is 2.83. The van der Waals surface area contributed by atoms with E-state index in [2.05, 4.69) is 0 Å². The van der Waals surface area contributed by atoms with Crippen molar-refractivity contribution in [2.75, 3.05) is 6.26 Å². The first-order valence-corrected chi connectivity index (χ1v) is 4.36. The smallest absolute Gasteiger partial charge is 0.169 e. The van der Waals surface area contributed by atoms with Gasteiger partial charge in [0.25, 0.3) is 0 Å². The van der Waals surface area contributed by atoms with Crippen LogP contribution in [0.4, 0.5) is 13.2 Å². The lowest BCUT2D eigenvalue weighted by Gasteiger charge is -2.41. The van der Waals surface area contributed by atoms with E-state index in [1.165, 1.54) is 6.26 Å². The van der Waals surface area contributed by atoms with Crippen LogP contribution in [0.5, 0.6) is 0 Å². The highest BCUT2D eigenvalue weighted by Gasteiger charge is 2.57. The second kappa shape index (κ2) is 2.32. The zero-order valence-electron chi connectivity index (χ0n) is 5.66. The lowest BCUT2D eigenvalue weighted by molar-refractivity contribution is -0.176. The van der Waals surface area contributed by atoms with Crippen LogP contribution >= 0.6 is 11.8 Å². The molecular formula is C6H9F3S. The largest absolute Gasteiger partial charge is 0.403 e. The highest BCUT2D eigenvalue weighted by atomic mass is 32.2. The summed E-state index contributed by atoms with van der Waals surface area (Å²) >= 11 is 0.941. The Labute approximate surface area is 62.2 Å². The molecule has 0 aromatic rings. The van der Waals surface area contributed by atoms with Crippen molar-refractivity contribution in [3.63, 3.8) is 0 Å². The van der Waals surface area contributed by atoms with E-state index in [9.17, 15) is 13.2 Å². The summed E-state index contributed by atoms with van der Waals surface area (Å²) < 4.78 is 35.0. The zero-order valence-corrected chi connectivity index (χ0v) is 6.48. The van der Waals surface area contributed by atoms with Crippen molar-refractivity contribution in [1.82, 2.24) is 0 Å². The van der Waals surface area contributed by atoms with Gasteiger partial charge in [-0.3, -0.25) is 0 Å². The van der Waals surface area contributed by atoms with Gasteiger partial charge in [0.1, 0.15) is 4.75 Å². The Bertz CT molecular complexity index is 120. The van der Waals surface area contributed by atoms with Crippen LogP contribution in [0.15, 0.2) is 0 Å². The van der Waals surface area contributed by atoms with Gasteiger partial charge in [0.15, 0.2) is 0 Å². The Balaban J connectivity index is 2.65. The molecular weight excluding hydrogens is 161 g/mol. The summed E-state index contributed by atoms with van der Waals surface area (Å²) in [5.41, 5.74) is 0. The average Bonchev–Trinajstić information content (AvgIpc) is 1.58. The summed E-state index contributed by atoms with van der Waals surface area (Å²) in [5.74, 6) is 0. The molecule has 0 unspecified atom stereocenters. The average molecular weight is 170 g/mol. The number of halogens is 3. The first kappa shape index (κ1) is 8.24. The van der Waals surface area contributed by atoms with Crippen LogP contribution in [-0.4, -0.2) is 17.2 Å². The minimum atomic E-state index is -4.00. The van der Waals surface area contributed by atoms with Gasteiger partial charge in [0, 0.05) is 0 Å². The van der Waals surface area contributed by atoms with E-state index in [1.54, 1.807) is 0 Å². The Hall–Kier alpha value is 0.140. The van der Waals surface area contributed by atoms with Gasteiger partial charge in [0.05, 0.1) is 0 Å². The molecule has 1 rings (SSSR count). The maximum absolute atomic E-state index is 12.1. The molecule has 0 N–H and O–H groups in total. The van der Waals surface area contributed by atoms with Crippen LogP contribution in [0.2, 0.25) is 0 Å². The van der Waals surface area contributed by atoms with Crippen LogP contribution < -0.4 is 0 Å². The van der Waals surface area contributed by atoms with Gasteiger partial charge >= 0.3 is 6.18 Å². The topological polar surface area (TPSA) is 0 Å². The fourth-order valence-corrected chi connectivity index (χ4v) is 2.03. The molecule has 10 heavy (non-hydrogen) atoms. The molecule has 0 amide bonds. The highest BCUT2D eigenvalue weighted by molar-refractivity contribution is 8.00. The van der Waals surface area contributed by atoms with Crippen molar-refractivity contribution in [1.29, 1.82) is 0 Å². The first-order valence-electron chi connectivity index (χ1n) is 3.14. The minimum Gasteiger partial charge on any atom is -0.169 e. The fraction of sp³-hybridized carbons (Fsp3) is 1.00. The molecule has 1 aliphatic carbocycles. The summed E-state index contributed by atoms with van der Waals surface area (Å²) in [7, 11) is 0. The SMILES string of the molecule is CSC1(C(F)(F)F)CCC1. The maximum atomic E-state index is 12.1. The summed E-state index contributed by atoms with van der Waals surface area (Å²) in [5, 5.41) is 0. The molecule has 0 spiro atoms. The van der Waals surface area contributed by atoms with Gasteiger partial charge in [-0.15, -0.1) is 11.8 Å². The Morgan fingerprint density at radius 2 is 1.80 bits per heavy atom. The molecule has 0 aromatic heterocycles. The van der Waals surface area contributed by atoms with Gasteiger partial charge in [-0.25, -0.2) is 0 Å². The van der Waals surface area contributed by atoms with Gasteiger partial charge < -0.3 is 0 Å². The number of alkyl halides is 3. The second-order valence-corrected chi connectivity index (χ2v) is 3.74. The number of hydrogen-bond donors (Lipinski definition) is 0. The minimum absolute atomic E-state index is 0.303. The van der Waals surface area contributed by atoms with Gasteiger partial charge in [-0.1, -0.05) is 0 Å². The molecule has 0 bridgehead atoms. The summed E-state index contributed by atoms with van der Waals surface area (Å²) in [6.07, 6.45) is -1.13. The van der Waals surface area contributed by atoms with Crippen molar-refractivity contribution in [2.24, 2.45) is 0 Å². The van der Waals surface area contributed by atoms with Crippen LogP contribution in [0.3, 0.4) is 0 Å². The maximum Gasteiger partial charge on any atom is 0.403 e.